The Morgan fingerprint density at radius 3 is 2.89 bits per heavy atom. The molecular weight excluding hydrogens is 230 g/mol. The zero-order valence-corrected chi connectivity index (χ0v) is 10.4. The number of aryl methyl sites for hydroxylation is 1. The molecule has 0 aliphatic rings. The summed E-state index contributed by atoms with van der Waals surface area (Å²) >= 11 is 0. The second-order valence-electron chi connectivity index (χ2n) is 4.23. The summed E-state index contributed by atoms with van der Waals surface area (Å²) in [4.78, 5) is 15.1. The lowest BCUT2D eigenvalue weighted by Gasteiger charge is -2.11. The minimum atomic E-state index is -0.954. The van der Waals surface area contributed by atoms with E-state index in [-0.39, 0.29) is 6.61 Å². The summed E-state index contributed by atoms with van der Waals surface area (Å²) in [5, 5.41) is 9.79. The molecule has 94 valence electrons. The van der Waals surface area contributed by atoms with Crippen molar-refractivity contribution in [2.24, 2.45) is 0 Å². The summed E-state index contributed by atoms with van der Waals surface area (Å²) in [6.07, 6.45) is -0.808. The first-order valence-corrected chi connectivity index (χ1v) is 5.77. The van der Waals surface area contributed by atoms with E-state index < -0.39 is 12.1 Å². The Balaban J connectivity index is 2.29. The number of hydrogen-bond acceptors (Lipinski definition) is 3. The molecule has 0 aliphatic heterocycles. The quantitative estimate of drug-likeness (QED) is 0.899. The van der Waals surface area contributed by atoms with Gasteiger partial charge < -0.3 is 9.84 Å². The highest BCUT2D eigenvalue weighted by molar-refractivity contribution is 5.82. The van der Waals surface area contributed by atoms with Crippen LogP contribution in [0.2, 0.25) is 0 Å². The van der Waals surface area contributed by atoms with Gasteiger partial charge in [-0.05, 0) is 31.5 Å². The van der Waals surface area contributed by atoms with Crippen LogP contribution in [0.4, 0.5) is 0 Å². The van der Waals surface area contributed by atoms with Crippen LogP contribution < -0.4 is 0 Å². The average Bonchev–Trinajstić information content (AvgIpc) is 2.35. The standard InChI is InChI=1S/C14H15NO3/c1-9-7-11(8-18-10(2)14(16)17)12-5-3-4-6-13(12)15-9/h3-7,10H,8H2,1-2H3,(H,16,17)/t10-/m1/s1. The van der Waals surface area contributed by atoms with E-state index in [0.29, 0.717) is 0 Å². The molecule has 1 aromatic carbocycles. The average molecular weight is 245 g/mol. The largest absolute Gasteiger partial charge is 0.479 e. The zero-order chi connectivity index (χ0) is 13.1. The molecule has 4 heteroatoms. The highest BCUT2D eigenvalue weighted by Crippen LogP contribution is 2.19. The second-order valence-corrected chi connectivity index (χ2v) is 4.23. The predicted molar refractivity (Wildman–Crippen MR) is 68.4 cm³/mol. The first-order chi connectivity index (χ1) is 8.58. The van der Waals surface area contributed by atoms with Gasteiger partial charge in [0, 0.05) is 11.1 Å². The third-order valence-electron chi connectivity index (χ3n) is 2.77. The van der Waals surface area contributed by atoms with Gasteiger partial charge in [0.25, 0.3) is 0 Å². The molecule has 0 spiro atoms. The molecule has 1 aromatic heterocycles. The van der Waals surface area contributed by atoms with E-state index >= 15 is 0 Å². The summed E-state index contributed by atoms with van der Waals surface area (Å²) in [5.74, 6) is -0.954. The van der Waals surface area contributed by atoms with Crippen LogP contribution in [0, 0.1) is 6.92 Å². The summed E-state index contributed by atoms with van der Waals surface area (Å²) in [5.41, 5.74) is 2.76. The van der Waals surface area contributed by atoms with Gasteiger partial charge in [0.2, 0.25) is 0 Å². The van der Waals surface area contributed by atoms with Crippen LogP contribution in [0.1, 0.15) is 18.2 Å². The second kappa shape index (κ2) is 5.14. The Morgan fingerprint density at radius 1 is 1.44 bits per heavy atom. The minimum Gasteiger partial charge on any atom is -0.479 e. The van der Waals surface area contributed by atoms with Crippen LogP contribution in [-0.4, -0.2) is 22.2 Å². The number of aliphatic carboxylic acids is 1. The molecule has 2 rings (SSSR count). The lowest BCUT2D eigenvalue weighted by Crippen LogP contribution is -2.19. The third-order valence-corrected chi connectivity index (χ3v) is 2.77. The van der Waals surface area contributed by atoms with Crippen molar-refractivity contribution in [3.8, 4) is 0 Å². The Morgan fingerprint density at radius 2 is 2.17 bits per heavy atom. The number of benzene rings is 1. The molecule has 0 fully saturated rings. The van der Waals surface area contributed by atoms with Crippen molar-refractivity contribution in [3.63, 3.8) is 0 Å². The molecule has 0 bridgehead atoms. The Bertz CT molecular complexity index is 580. The fourth-order valence-corrected chi connectivity index (χ4v) is 1.80. The van der Waals surface area contributed by atoms with E-state index in [1.807, 2.05) is 37.3 Å². The maximum Gasteiger partial charge on any atom is 0.332 e. The molecule has 1 heterocycles. The van der Waals surface area contributed by atoms with Gasteiger partial charge in [-0.15, -0.1) is 0 Å². The molecular formula is C14H15NO3. The molecule has 0 amide bonds. The first kappa shape index (κ1) is 12.5. The summed E-state index contributed by atoms with van der Waals surface area (Å²) in [6.45, 7) is 3.71. The molecule has 0 aliphatic carbocycles. The van der Waals surface area contributed by atoms with E-state index in [2.05, 4.69) is 4.98 Å². The van der Waals surface area contributed by atoms with E-state index in [0.717, 1.165) is 22.2 Å². The Hall–Kier alpha value is -1.94. The summed E-state index contributed by atoms with van der Waals surface area (Å²) in [7, 11) is 0. The van der Waals surface area contributed by atoms with Gasteiger partial charge in [-0.25, -0.2) is 4.79 Å². The number of carboxylic acids is 1. The van der Waals surface area contributed by atoms with Crippen molar-refractivity contribution in [1.82, 2.24) is 4.98 Å². The van der Waals surface area contributed by atoms with Gasteiger partial charge in [-0.2, -0.15) is 0 Å². The number of carboxylic acid groups (broad SMARTS) is 1. The van der Waals surface area contributed by atoms with Crippen molar-refractivity contribution in [2.75, 3.05) is 0 Å². The molecule has 1 N–H and O–H groups in total. The molecule has 0 saturated carbocycles. The normalized spacial score (nSPS) is 12.6. The highest BCUT2D eigenvalue weighted by Gasteiger charge is 2.12. The van der Waals surface area contributed by atoms with Gasteiger partial charge in [-0.1, -0.05) is 18.2 Å². The molecule has 18 heavy (non-hydrogen) atoms. The smallest absolute Gasteiger partial charge is 0.332 e. The number of nitrogens with zero attached hydrogens (tertiary/aromatic N) is 1. The van der Waals surface area contributed by atoms with Gasteiger partial charge in [-0.3, -0.25) is 4.98 Å². The van der Waals surface area contributed by atoms with Crippen LogP contribution in [0.25, 0.3) is 10.9 Å². The molecule has 4 nitrogen and oxygen atoms in total. The first-order valence-electron chi connectivity index (χ1n) is 5.77. The zero-order valence-electron chi connectivity index (χ0n) is 10.4. The monoisotopic (exact) mass is 245 g/mol. The third kappa shape index (κ3) is 2.65. The van der Waals surface area contributed by atoms with Crippen molar-refractivity contribution < 1.29 is 14.6 Å². The van der Waals surface area contributed by atoms with E-state index in [1.165, 1.54) is 6.92 Å². The fourth-order valence-electron chi connectivity index (χ4n) is 1.80. The number of ether oxygens (including phenoxy) is 1. The number of fused-ring (bicyclic) bond motifs is 1. The van der Waals surface area contributed by atoms with Crippen molar-refractivity contribution in [1.29, 1.82) is 0 Å². The summed E-state index contributed by atoms with van der Waals surface area (Å²) < 4.78 is 5.33. The van der Waals surface area contributed by atoms with Crippen molar-refractivity contribution >= 4 is 16.9 Å². The summed E-state index contributed by atoms with van der Waals surface area (Å²) in [6, 6.07) is 9.69. The van der Waals surface area contributed by atoms with E-state index in [1.54, 1.807) is 0 Å². The van der Waals surface area contributed by atoms with E-state index in [4.69, 9.17) is 9.84 Å². The molecule has 0 unspecified atom stereocenters. The lowest BCUT2D eigenvalue weighted by molar-refractivity contribution is -0.149. The van der Waals surface area contributed by atoms with E-state index in [9.17, 15) is 4.79 Å². The Labute approximate surface area is 105 Å². The molecule has 1 atom stereocenters. The van der Waals surface area contributed by atoms with Crippen molar-refractivity contribution in [3.05, 3.63) is 41.6 Å². The maximum atomic E-state index is 10.7. The van der Waals surface area contributed by atoms with Crippen LogP contribution in [0.15, 0.2) is 30.3 Å². The number of para-hydroxylation sites is 1. The van der Waals surface area contributed by atoms with Gasteiger partial charge in [0.15, 0.2) is 6.10 Å². The highest BCUT2D eigenvalue weighted by atomic mass is 16.5. The van der Waals surface area contributed by atoms with Crippen LogP contribution in [0.5, 0.6) is 0 Å². The Kier molecular flexibility index (Phi) is 3.58. The molecule has 2 aromatic rings. The molecule has 0 radical (unpaired) electrons. The predicted octanol–water partition coefficient (Wildman–Crippen LogP) is 2.53. The molecule has 0 saturated heterocycles. The SMILES string of the molecule is Cc1cc(CO[C@H](C)C(=O)O)c2ccccc2n1. The number of carbonyl (C=O) groups is 1. The van der Waals surface area contributed by atoms with Crippen LogP contribution >= 0.6 is 0 Å². The number of pyridine rings is 1. The topological polar surface area (TPSA) is 59.4 Å². The van der Waals surface area contributed by atoms with Crippen LogP contribution in [0.3, 0.4) is 0 Å². The fraction of sp³-hybridized carbons (Fsp3) is 0.286. The van der Waals surface area contributed by atoms with Gasteiger partial charge in [0.05, 0.1) is 12.1 Å². The van der Waals surface area contributed by atoms with Crippen molar-refractivity contribution in [2.45, 2.75) is 26.6 Å². The van der Waals surface area contributed by atoms with Gasteiger partial charge in [0.1, 0.15) is 0 Å². The maximum absolute atomic E-state index is 10.7. The minimum absolute atomic E-state index is 0.275. The van der Waals surface area contributed by atoms with Crippen LogP contribution in [-0.2, 0) is 16.1 Å². The van der Waals surface area contributed by atoms with Gasteiger partial charge >= 0.3 is 5.97 Å². The number of aromatic nitrogens is 1. The number of rotatable bonds is 4. The number of hydrogen-bond donors (Lipinski definition) is 1. The lowest BCUT2D eigenvalue weighted by atomic mass is 10.1.